The third kappa shape index (κ3) is 1.83. The van der Waals surface area contributed by atoms with Crippen LogP contribution in [-0.4, -0.2) is 32.9 Å². The van der Waals surface area contributed by atoms with Gasteiger partial charge in [-0.05, 0) is 6.26 Å². The standard InChI is InChI=1S/C9H12N4OS/c1-3-4-13-8(14)6-5-10-9(15-2)11-7(6)12-13/h3,5,8,14H,1,4H2,2H3,(H,10,11,12). The number of aliphatic hydroxyl groups excluding tert-OH is 1. The number of rotatable bonds is 3. The Balaban J connectivity index is 2.28. The molecule has 1 aromatic rings. The Morgan fingerprint density at radius 1 is 1.80 bits per heavy atom. The fourth-order valence-corrected chi connectivity index (χ4v) is 1.74. The number of nitrogens with one attached hydrogen (secondary N) is 1. The average Bonchev–Trinajstić information content (AvgIpc) is 2.56. The van der Waals surface area contributed by atoms with Crippen molar-refractivity contribution in [2.45, 2.75) is 11.4 Å². The molecule has 0 saturated carbocycles. The molecule has 0 aromatic carbocycles. The number of thioether (sulfide) groups is 1. The second kappa shape index (κ2) is 4.18. The molecule has 0 radical (unpaired) electrons. The topological polar surface area (TPSA) is 61.3 Å². The van der Waals surface area contributed by atoms with Crippen molar-refractivity contribution >= 4 is 17.6 Å². The lowest BCUT2D eigenvalue weighted by molar-refractivity contribution is 0.0411. The molecule has 6 heteroatoms. The van der Waals surface area contributed by atoms with E-state index >= 15 is 0 Å². The van der Waals surface area contributed by atoms with Crippen molar-refractivity contribution < 1.29 is 5.11 Å². The minimum Gasteiger partial charge on any atom is -0.372 e. The van der Waals surface area contributed by atoms with E-state index in [0.717, 1.165) is 0 Å². The van der Waals surface area contributed by atoms with Crippen LogP contribution >= 0.6 is 11.8 Å². The van der Waals surface area contributed by atoms with Gasteiger partial charge in [0.1, 0.15) is 0 Å². The lowest BCUT2D eigenvalue weighted by atomic mass is 10.3. The van der Waals surface area contributed by atoms with Crippen molar-refractivity contribution in [2.24, 2.45) is 0 Å². The molecule has 2 rings (SSSR count). The van der Waals surface area contributed by atoms with Crippen molar-refractivity contribution in [1.29, 1.82) is 0 Å². The van der Waals surface area contributed by atoms with Gasteiger partial charge in [0.15, 0.2) is 17.2 Å². The monoisotopic (exact) mass is 224 g/mol. The average molecular weight is 224 g/mol. The summed E-state index contributed by atoms with van der Waals surface area (Å²) in [7, 11) is 0. The zero-order valence-corrected chi connectivity index (χ0v) is 9.16. The zero-order valence-electron chi connectivity index (χ0n) is 8.34. The first-order valence-corrected chi connectivity index (χ1v) is 5.72. The Morgan fingerprint density at radius 2 is 2.60 bits per heavy atom. The van der Waals surface area contributed by atoms with E-state index < -0.39 is 6.23 Å². The van der Waals surface area contributed by atoms with Gasteiger partial charge in [0.25, 0.3) is 0 Å². The van der Waals surface area contributed by atoms with Crippen LogP contribution in [0.4, 0.5) is 5.82 Å². The van der Waals surface area contributed by atoms with Crippen molar-refractivity contribution in [1.82, 2.24) is 15.0 Å². The van der Waals surface area contributed by atoms with Crippen molar-refractivity contribution in [2.75, 3.05) is 18.2 Å². The molecule has 2 N–H and O–H groups in total. The van der Waals surface area contributed by atoms with Crippen LogP contribution in [0.25, 0.3) is 0 Å². The van der Waals surface area contributed by atoms with E-state index in [1.54, 1.807) is 17.3 Å². The summed E-state index contributed by atoms with van der Waals surface area (Å²) in [5.41, 5.74) is 3.71. The van der Waals surface area contributed by atoms with Gasteiger partial charge in [-0.3, -0.25) is 5.43 Å². The quantitative estimate of drug-likeness (QED) is 0.454. The highest BCUT2D eigenvalue weighted by atomic mass is 32.2. The number of fused-ring (bicyclic) bond motifs is 1. The zero-order chi connectivity index (χ0) is 10.8. The van der Waals surface area contributed by atoms with Crippen molar-refractivity contribution in [3.63, 3.8) is 0 Å². The minimum atomic E-state index is -0.700. The maximum Gasteiger partial charge on any atom is 0.189 e. The van der Waals surface area contributed by atoms with Crippen LogP contribution in [0.1, 0.15) is 11.8 Å². The second-order valence-corrected chi connectivity index (χ2v) is 3.86. The number of hydrogen-bond acceptors (Lipinski definition) is 6. The van der Waals surface area contributed by atoms with Gasteiger partial charge in [-0.2, -0.15) is 5.01 Å². The van der Waals surface area contributed by atoms with Gasteiger partial charge in [-0.1, -0.05) is 17.8 Å². The molecule has 0 fully saturated rings. The Hall–Kier alpha value is -1.11. The van der Waals surface area contributed by atoms with Crippen LogP contribution in [0.3, 0.4) is 0 Å². The summed E-state index contributed by atoms with van der Waals surface area (Å²) < 4.78 is 0. The highest BCUT2D eigenvalue weighted by molar-refractivity contribution is 7.98. The molecule has 1 aliphatic heterocycles. The second-order valence-electron chi connectivity index (χ2n) is 3.09. The molecule has 80 valence electrons. The first-order chi connectivity index (χ1) is 7.26. The highest BCUT2D eigenvalue weighted by Gasteiger charge is 2.29. The largest absolute Gasteiger partial charge is 0.372 e. The molecule has 1 aromatic heterocycles. The van der Waals surface area contributed by atoms with Crippen molar-refractivity contribution in [3.8, 4) is 0 Å². The van der Waals surface area contributed by atoms with Gasteiger partial charge in [-0.15, -0.1) is 6.58 Å². The summed E-state index contributed by atoms with van der Waals surface area (Å²) in [6.07, 6.45) is 4.57. The van der Waals surface area contributed by atoms with E-state index in [0.29, 0.717) is 23.1 Å². The summed E-state index contributed by atoms with van der Waals surface area (Å²) in [5.74, 6) is 0.670. The van der Waals surface area contributed by atoms with E-state index in [1.165, 1.54) is 11.8 Å². The molecular weight excluding hydrogens is 212 g/mol. The fourth-order valence-electron chi connectivity index (χ4n) is 1.40. The van der Waals surface area contributed by atoms with E-state index in [1.807, 2.05) is 6.26 Å². The Bertz CT molecular complexity index is 384. The molecule has 2 heterocycles. The number of hydrogen-bond donors (Lipinski definition) is 2. The molecule has 0 bridgehead atoms. The molecule has 0 aliphatic carbocycles. The third-order valence-electron chi connectivity index (χ3n) is 2.13. The molecular formula is C9H12N4OS. The summed E-state index contributed by atoms with van der Waals surface area (Å²) in [6, 6.07) is 0. The van der Waals surface area contributed by atoms with Crippen LogP contribution in [0.5, 0.6) is 0 Å². The lowest BCUT2D eigenvalue weighted by Crippen LogP contribution is -2.27. The summed E-state index contributed by atoms with van der Waals surface area (Å²) in [6.45, 7) is 4.17. The Labute approximate surface area is 92.2 Å². The molecule has 0 saturated heterocycles. The third-order valence-corrected chi connectivity index (χ3v) is 2.69. The van der Waals surface area contributed by atoms with E-state index in [4.69, 9.17) is 0 Å². The van der Waals surface area contributed by atoms with Gasteiger partial charge < -0.3 is 5.11 Å². The molecule has 0 amide bonds. The highest BCUT2D eigenvalue weighted by Crippen LogP contribution is 2.31. The summed E-state index contributed by atoms with van der Waals surface area (Å²) in [4.78, 5) is 8.37. The van der Waals surface area contributed by atoms with Crippen LogP contribution in [0.15, 0.2) is 24.0 Å². The van der Waals surface area contributed by atoms with Crippen LogP contribution in [0, 0.1) is 0 Å². The van der Waals surface area contributed by atoms with Gasteiger partial charge in [0.2, 0.25) is 0 Å². The maximum absolute atomic E-state index is 9.86. The fraction of sp³-hybridized carbons (Fsp3) is 0.333. The van der Waals surface area contributed by atoms with E-state index in [-0.39, 0.29) is 0 Å². The van der Waals surface area contributed by atoms with Gasteiger partial charge in [0.05, 0.1) is 5.56 Å². The molecule has 1 atom stereocenters. The summed E-state index contributed by atoms with van der Waals surface area (Å²) >= 11 is 1.47. The SMILES string of the molecule is C=CCN1Nc2nc(SC)ncc2C1O. The number of aliphatic hydroxyl groups is 1. The molecule has 5 nitrogen and oxygen atoms in total. The Kier molecular flexibility index (Phi) is 2.90. The van der Waals surface area contributed by atoms with Crippen LogP contribution < -0.4 is 5.43 Å². The predicted octanol–water partition coefficient (Wildman–Crippen LogP) is 1.02. The first-order valence-electron chi connectivity index (χ1n) is 4.49. The predicted molar refractivity (Wildman–Crippen MR) is 59.3 cm³/mol. The number of anilines is 1. The first kappa shape index (κ1) is 10.4. The van der Waals surface area contributed by atoms with Crippen molar-refractivity contribution in [3.05, 3.63) is 24.4 Å². The molecule has 15 heavy (non-hydrogen) atoms. The molecule has 1 unspecified atom stereocenters. The van der Waals surface area contributed by atoms with Gasteiger partial charge >= 0.3 is 0 Å². The maximum atomic E-state index is 9.86. The molecule has 0 spiro atoms. The van der Waals surface area contributed by atoms with Crippen LogP contribution in [-0.2, 0) is 0 Å². The summed E-state index contributed by atoms with van der Waals surface area (Å²) in [5, 5.41) is 12.2. The normalized spacial score (nSPS) is 19.7. The Morgan fingerprint density at radius 3 is 3.27 bits per heavy atom. The lowest BCUT2D eigenvalue weighted by Gasteiger charge is -2.17. The minimum absolute atomic E-state index is 0.548. The van der Waals surface area contributed by atoms with Gasteiger partial charge in [-0.25, -0.2) is 9.97 Å². The van der Waals surface area contributed by atoms with E-state index in [2.05, 4.69) is 22.0 Å². The van der Waals surface area contributed by atoms with Gasteiger partial charge in [0, 0.05) is 12.7 Å². The smallest absolute Gasteiger partial charge is 0.189 e. The number of aromatic nitrogens is 2. The molecule has 1 aliphatic rings. The van der Waals surface area contributed by atoms with E-state index in [9.17, 15) is 5.11 Å². The number of hydrazine groups is 1. The van der Waals surface area contributed by atoms with Crippen LogP contribution in [0.2, 0.25) is 0 Å². The number of nitrogens with zero attached hydrogens (tertiary/aromatic N) is 3.